The lowest BCUT2D eigenvalue weighted by Crippen LogP contribution is -2.06. The average Bonchev–Trinajstić information content (AvgIpc) is 2.35. The van der Waals surface area contributed by atoms with Crippen molar-refractivity contribution in [1.29, 1.82) is 0 Å². The molecule has 17 heavy (non-hydrogen) atoms. The summed E-state index contributed by atoms with van der Waals surface area (Å²) in [5.41, 5.74) is 0.703. The average molecular weight is 234 g/mol. The normalized spacial score (nSPS) is 15.7. The lowest BCUT2D eigenvalue weighted by atomic mass is 9.98. The van der Waals surface area contributed by atoms with E-state index in [-0.39, 0.29) is 5.75 Å². The fourth-order valence-corrected chi connectivity index (χ4v) is 1.72. The van der Waals surface area contributed by atoms with Crippen molar-refractivity contribution in [3.63, 3.8) is 0 Å². The van der Waals surface area contributed by atoms with Gasteiger partial charge in [-0.3, -0.25) is 4.79 Å². The zero-order valence-electron chi connectivity index (χ0n) is 12.3. The second kappa shape index (κ2) is 4.45. The van der Waals surface area contributed by atoms with Crippen LogP contribution < -0.4 is 4.74 Å². The van der Waals surface area contributed by atoms with E-state index < -0.39 is 18.9 Å². The molecule has 0 spiro atoms. The van der Waals surface area contributed by atoms with Crippen LogP contribution in [0.5, 0.6) is 5.75 Å². The Labute approximate surface area is 104 Å². The molecule has 1 unspecified atom stereocenters. The minimum atomic E-state index is -2.48. The van der Waals surface area contributed by atoms with Crippen LogP contribution in [-0.2, 0) is 4.79 Å². The number of hydrogen-bond acceptors (Lipinski definition) is 2. The minimum Gasteiger partial charge on any atom is -0.497 e. The van der Waals surface area contributed by atoms with Gasteiger partial charge in [-0.2, -0.15) is 0 Å². The lowest BCUT2D eigenvalue weighted by Gasteiger charge is -2.08. The van der Waals surface area contributed by atoms with E-state index in [4.69, 9.17) is 14.0 Å². The molecule has 3 heteroatoms. The van der Waals surface area contributed by atoms with Gasteiger partial charge in [0.15, 0.2) is 0 Å². The maximum Gasteiger partial charge on any atom is 0.310 e. The van der Waals surface area contributed by atoms with Gasteiger partial charge in [-0.15, -0.1) is 0 Å². The molecule has 1 atom stereocenters. The molecule has 0 saturated carbocycles. The lowest BCUT2D eigenvalue weighted by molar-refractivity contribution is -0.138. The van der Waals surface area contributed by atoms with Crippen LogP contribution in [0.2, 0.25) is 0 Å². The highest BCUT2D eigenvalue weighted by Crippen LogP contribution is 2.25. The Morgan fingerprint density at radius 3 is 2.71 bits per heavy atom. The number of benzene rings is 2. The fraction of sp³-hybridized carbons (Fsp3) is 0.214. The molecule has 0 saturated heterocycles. The van der Waals surface area contributed by atoms with Gasteiger partial charge >= 0.3 is 5.97 Å². The number of aliphatic carboxylic acids is 1. The summed E-state index contributed by atoms with van der Waals surface area (Å²) in [6, 6.07) is 10.2. The summed E-state index contributed by atoms with van der Waals surface area (Å²) in [4.78, 5) is 11.0. The van der Waals surface area contributed by atoms with Gasteiger partial charge in [0.05, 0.1) is 17.1 Å². The molecule has 0 aromatic heterocycles. The zero-order valence-corrected chi connectivity index (χ0v) is 9.31. The standard InChI is InChI=1S/C14H14O3/c1-9(14(15)16)10-3-4-12-8-13(17-2)6-5-11(12)7-10/h3-9H,1-2H3,(H,15,16)/i2+1D3. The van der Waals surface area contributed by atoms with Crippen molar-refractivity contribution in [3.05, 3.63) is 42.0 Å². The van der Waals surface area contributed by atoms with Gasteiger partial charge in [0, 0.05) is 0 Å². The van der Waals surface area contributed by atoms with Crippen LogP contribution in [0.3, 0.4) is 0 Å². The van der Waals surface area contributed by atoms with E-state index in [0.717, 1.165) is 10.8 Å². The Morgan fingerprint density at radius 1 is 1.29 bits per heavy atom. The van der Waals surface area contributed by atoms with Gasteiger partial charge in [0.1, 0.15) is 5.75 Å². The number of fused-ring (bicyclic) bond motifs is 1. The first-order chi connectivity index (χ1) is 9.26. The number of ether oxygens (including phenoxy) is 1. The number of methoxy groups -OCH3 is 1. The minimum absolute atomic E-state index is 0.261. The Balaban J connectivity index is 2.37. The largest absolute Gasteiger partial charge is 0.497 e. The van der Waals surface area contributed by atoms with Crippen LogP contribution in [0.4, 0.5) is 0 Å². The van der Waals surface area contributed by atoms with Crippen molar-refractivity contribution in [3.8, 4) is 5.75 Å². The van der Waals surface area contributed by atoms with E-state index >= 15 is 0 Å². The third-order valence-corrected chi connectivity index (χ3v) is 2.82. The Morgan fingerprint density at radius 2 is 2.00 bits per heavy atom. The molecule has 88 valence electrons. The van der Waals surface area contributed by atoms with Crippen LogP contribution >= 0.6 is 0 Å². The van der Waals surface area contributed by atoms with E-state index in [0.29, 0.717) is 5.56 Å². The zero-order chi connectivity index (χ0) is 14.9. The maximum atomic E-state index is 11.0. The smallest absolute Gasteiger partial charge is 0.310 e. The summed E-state index contributed by atoms with van der Waals surface area (Å²) in [5, 5.41) is 10.6. The van der Waals surface area contributed by atoms with Crippen LogP contribution in [0, 0.1) is 0 Å². The molecule has 0 aliphatic heterocycles. The van der Waals surface area contributed by atoms with Gasteiger partial charge in [-0.25, -0.2) is 0 Å². The second-order valence-corrected chi connectivity index (χ2v) is 3.93. The van der Waals surface area contributed by atoms with Gasteiger partial charge in [0.25, 0.3) is 0 Å². The predicted octanol–water partition coefficient (Wildman–Crippen LogP) is 3.04. The summed E-state index contributed by atoms with van der Waals surface area (Å²) in [6.07, 6.45) is 0. The third kappa shape index (κ3) is 2.23. The number of carboxylic acids is 1. The Kier molecular flexibility index (Phi) is 2.13. The van der Waals surface area contributed by atoms with Crippen molar-refractivity contribution in [2.75, 3.05) is 7.04 Å². The molecule has 0 bridgehead atoms. The highest BCUT2D eigenvalue weighted by atomic mass is 16.5. The summed E-state index contributed by atoms with van der Waals surface area (Å²) in [6.45, 7) is 1.62. The van der Waals surface area contributed by atoms with Gasteiger partial charge < -0.3 is 9.84 Å². The summed E-state index contributed by atoms with van der Waals surface area (Å²) in [5.74, 6) is -1.21. The fourth-order valence-electron chi connectivity index (χ4n) is 1.72. The number of carbonyl (C=O) groups is 1. The number of rotatable bonds is 3. The summed E-state index contributed by atoms with van der Waals surface area (Å²) >= 11 is 0. The highest BCUT2D eigenvalue weighted by Gasteiger charge is 2.13. The van der Waals surface area contributed by atoms with Gasteiger partial charge in [0.2, 0.25) is 0 Å². The van der Waals surface area contributed by atoms with Crippen molar-refractivity contribution < 1.29 is 18.8 Å². The Bertz CT molecular complexity index is 650. The quantitative estimate of drug-likeness (QED) is 0.830. The molecule has 2 aromatic rings. The number of hydrogen-bond donors (Lipinski definition) is 1. The SMILES string of the molecule is [2H][13C]([2H])([2H])Oc1ccc2cc(C(C)C(=O)O)ccc2c1. The molecule has 2 rings (SSSR count). The van der Waals surface area contributed by atoms with E-state index in [1.807, 2.05) is 0 Å². The van der Waals surface area contributed by atoms with Crippen LogP contribution in [0.15, 0.2) is 36.4 Å². The molecule has 0 fully saturated rings. The molecule has 3 nitrogen and oxygen atoms in total. The molecule has 0 amide bonds. The molecule has 1 N–H and O–H groups in total. The van der Waals surface area contributed by atoms with Crippen molar-refractivity contribution >= 4 is 16.7 Å². The molecule has 0 radical (unpaired) electrons. The van der Waals surface area contributed by atoms with Crippen LogP contribution in [-0.4, -0.2) is 18.1 Å². The predicted molar refractivity (Wildman–Crippen MR) is 66.6 cm³/mol. The molecular formula is C14H14O3. The van der Waals surface area contributed by atoms with Crippen molar-refractivity contribution in [2.24, 2.45) is 0 Å². The monoisotopic (exact) mass is 234 g/mol. The first-order valence-corrected chi connectivity index (χ1v) is 5.22. The first kappa shape index (κ1) is 8.12. The maximum absolute atomic E-state index is 11.0. The van der Waals surface area contributed by atoms with E-state index in [1.165, 1.54) is 0 Å². The van der Waals surface area contributed by atoms with Crippen molar-refractivity contribution in [2.45, 2.75) is 12.8 Å². The third-order valence-electron chi connectivity index (χ3n) is 2.82. The molecule has 0 heterocycles. The highest BCUT2D eigenvalue weighted by molar-refractivity contribution is 5.86. The first-order valence-electron chi connectivity index (χ1n) is 6.72. The molecule has 0 aliphatic carbocycles. The van der Waals surface area contributed by atoms with E-state index in [2.05, 4.69) is 0 Å². The van der Waals surface area contributed by atoms with Crippen LogP contribution in [0.25, 0.3) is 10.8 Å². The summed E-state index contributed by atoms with van der Waals surface area (Å²) in [7, 11) is -2.48. The molecule has 2 aromatic carbocycles. The Hall–Kier alpha value is -2.03. The van der Waals surface area contributed by atoms with Gasteiger partial charge in [-0.1, -0.05) is 24.3 Å². The summed E-state index contributed by atoms with van der Waals surface area (Å²) < 4.78 is 26.0. The molecule has 0 aliphatic rings. The second-order valence-electron chi connectivity index (χ2n) is 3.93. The van der Waals surface area contributed by atoms with Crippen LogP contribution in [0.1, 0.15) is 22.5 Å². The van der Waals surface area contributed by atoms with Crippen molar-refractivity contribution in [1.82, 2.24) is 0 Å². The molecular weight excluding hydrogens is 217 g/mol. The van der Waals surface area contributed by atoms with Gasteiger partial charge in [-0.05, 0) is 35.4 Å². The topological polar surface area (TPSA) is 46.5 Å². The number of carboxylic acid groups (broad SMARTS) is 1. The van der Waals surface area contributed by atoms with E-state index in [1.54, 1.807) is 43.3 Å². The van der Waals surface area contributed by atoms with E-state index in [9.17, 15) is 4.79 Å².